The first kappa shape index (κ1) is 75.6. The number of rotatable bonds is 15. The summed E-state index contributed by atoms with van der Waals surface area (Å²) >= 11 is 0. The molecule has 3 aliphatic heterocycles. The fraction of sp³-hybridized carbons (Fsp3) is 0.266. The second-order valence-corrected chi connectivity index (χ2v) is 25.8. The molecule has 0 saturated carbocycles. The molecule has 15 rings (SSSR count). The molecule has 25 heteroatoms. The van der Waals surface area contributed by atoms with Gasteiger partial charge in [-0.05, 0) is 140 Å². The molecule has 23 nitrogen and oxygen atoms in total. The Morgan fingerprint density at radius 3 is 1.12 bits per heavy atom. The van der Waals surface area contributed by atoms with Crippen LogP contribution in [0.4, 0.5) is 11.6 Å². The number of aromatic carboxylic acids is 2. The molecular formula is C79H84Cl2N14O9. The number of hydrogen-bond acceptors (Lipinski definition) is 13. The number of anilines is 2. The molecule has 3 atom stereocenters. The molecule has 104 heavy (non-hydrogen) atoms. The quantitative estimate of drug-likeness (QED) is 0.0502. The largest absolute Gasteiger partial charge is 0.477 e. The number of ether oxygens (including phenoxy) is 3. The van der Waals surface area contributed by atoms with Gasteiger partial charge in [-0.1, -0.05) is 179 Å². The summed E-state index contributed by atoms with van der Waals surface area (Å²) in [6, 6.07) is 58.8. The number of H-pyrrole nitrogens is 3. The lowest BCUT2D eigenvalue weighted by atomic mass is 10.1. The van der Waals surface area contributed by atoms with Gasteiger partial charge < -0.3 is 35.1 Å². The molecule has 3 fully saturated rings. The van der Waals surface area contributed by atoms with Crippen LogP contribution in [0.2, 0.25) is 0 Å². The van der Waals surface area contributed by atoms with E-state index in [-0.39, 0.29) is 66.7 Å². The van der Waals surface area contributed by atoms with Gasteiger partial charge in [-0.2, -0.15) is 30.6 Å². The number of halogens is 2. The zero-order valence-corrected chi connectivity index (χ0v) is 60.3. The molecule has 6 aromatic heterocycles. The number of hydrogen-bond donors (Lipinski definition) is 7. The second-order valence-electron chi connectivity index (χ2n) is 25.8. The first-order valence-corrected chi connectivity index (χ1v) is 34.3. The average Bonchev–Trinajstić information content (AvgIpc) is 1.66. The minimum Gasteiger partial charge on any atom is -0.477 e. The average molecular weight is 1440 g/mol. The molecule has 12 aromatic rings. The fourth-order valence-electron chi connectivity index (χ4n) is 11.9. The molecule has 0 spiro atoms. The van der Waals surface area contributed by atoms with Gasteiger partial charge >= 0.3 is 11.9 Å². The topological polar surface area (TPSA) is 300 Å². The Morgan fingerprint density at radius 1 is 0.375 bits per heavy atom. The van der Waals surface area contributed by atoms with Crippen LogP contribution >= 0.6 is 24.8 Å². The van der Waals surface area contributed by atoms with Crippen LogP contribution in [0.25, 0.3) is 67.5 Å². The fourth-order valence-corrected chi connectivity index (χ4v) is 11.9. The number of carboxylic acids is 2. The maximum atomic E-state index is 13.5. The number of carbonyl (C=O) groups excluding carboxylic acids is 2. The zero-order valence-electron chi connectivity index (χ0n) is 58.6. The van der Waals surface area contributed by atoms with Gasteiger partial charge in [0, 0.05) is 48.6 Å². The molecule has 6 aromatic carbocycles. The van der Waals surface area contributed by atoms with Crippen molar-refractivity contribution in [1.82, 2.24) is 59.9 Å². The number of aromatic nitrogens is 12. The van der Waals surface area contributed by atoms with E-state index in [1.165, 1.54) is 28.3 Å². The van der Waals surface area contributed by atoms with Gasteiger partial charge in [-0.15, -0.1) is 24.8 Å². The van der Waals surface area contributed by atoms with Crippen molar-refractivity contribution in [2.75, 3.05) is 30.5 Å². The summed E-state index contributed by atoms with van der Waals surface area (Å²) in [6.07, 6.45) is 8.46. The van der Waals surface area contributed by atoms with Crippen LogP contribution in [0.1, 0.15) is 152 Å². The molecule has 3 aliphatic rings. The number of carbonyl (C=O) groups is 4. The summed E-state index contributed by atoms with van der Waals surface area (Å²) in [6.45, 7) is 14.3. The number of benzene rings is 6. The standard InChI is InChI=1S/C31H35N5O3.C21H19N5O.C16H18N2O3.C11H10N2O2.2ClH/c1-21-9-13-23(14-10-21)26-19-25(33-35(26)29-7-3-5-17-38-29)31(37)32-28-20-27(24-15-11-22(2)12-16-24)36(34-28)30-8-4-6-18-39-30;1-13-3-7-15(8-4-13)17-11-19(25-23-17)21(27)22-20-12-18(24-26-20)16-9-5-14(2)6-10-16;1-11-5-7-12(8-6-11)14-10-13(16(19)20)17-18(14)15-4-2-3-9-21-15;1-7-2-4-8(5-3-7)9-6-10(11(14)15)13-12-9;;/h9-16,19-20,29-30H,3-8,17-18H2,1-2H3,(H,32,34,37);3-12H,1-2H3,(H,23,25)(H2,22,24,26,27);5-8,10,15H,2-4,9H2,1H3,(H,19,20);2-6H,1H3,(H,12,13)(H,14,15);2*1H. The van der Waals surface area contributed by atoms with E-state index in [9.17, 15) is 24.3 Å². The molecule has 3 saturated heterocycles. The maximum Gasteiger partial charge on any atom is 0.356 e. The van der Waals surface area contributed by atoms with E-state index in [1.807, 2.05) is 146 Å². The monoisotopic (exact) mass is 1440 g/mol. The smallest absolute Gasteiger partial charge is 0.356 e. The van der Waals surface area contributed by atoms with E-state index in [2.05, 4.69) is 109 Å². The van der Waals surface area contributed by atoms with E-state index in [0.29, 0.717) is 48.5 Å². The van der Waals surface area contributed by atoms with Crippen molar-refractivity contribution in [3.63, 3.8) is 0 Å². The lowest BCUT2D eigenvalue weighted by molar-refractivity contribution is -0.0386. The van der Waals surface area contributed by atoms with Gasteiger partial charge in [-0.25, -0.2) is 23.6 Å². The highest BCUT2D eigenvalue weighted by molar-refractivity contribution is 6.04. The molecule has 0 aliphatic carbocycles. The van der Waals surface area contributed by atoms with Gasteiger partial charge in [-0.3, -0.25) is 24.9 Å². The second kappa shape index (κ2) is 35.2. The minimum atomic E-state index is -1.02. The number of aryl methyl sites for hydroxylation is 6. The molecular weight excluding hydrogens is 1360 g/mol. The highest BCUT2D eigenvalue weighted by atomic mass is 35.5. The molecule has 9 heterocycles. The Kier molecular flexibility index (Phi) is 25.6. The summed E-state index contributed by atoms with van der Waals surface area (Å²) in [5.74, 6) is -1.67. The van der Waals surface area contributed by atoms with Gasteiger partial charge in [0.25, 0.3) is 11.8 Å². The molecule has 0 radical (unpaired) electrons. The first-order chi connectivity index (χ1) is 49.4. The summed E-state index contributed by atoms with van der Waals surface area (Å²) in [4.78, 5) is 47.8. The molecule has 0 bridgehead atoms. The summed E-state index contributed by atoms with van der Waals surface area (Å²) in [7, 11) is 0. The van der Waals surface area contributed by atoms with E-state index in [0.717, 1.165) is 131 Å². The van der Waals surface area contributed by atoms with Gasteiger partial charge in [0.05, 0.1) is 34.2 Å². The van der Waals surface area contributed by atoms with Gasteiger partial charge in [0.15, 0.2) is 41.7 Å². The Morgan fingerprint density at radius 2 is 0.731 bits per heavy atom. The molecule has 2 amide bonds. The third-order valence-corrected chi connectivity index (χ3v) is 17.7. The number of amides is 2. The summed E-state index contributed by atoms with van der Waals surface area (Å²) in [5, 5.41) is 58.0. The molecule has 7 N–H and O–H groups in total. The van der Waals surface area contributed by atoms with Crippen molar-refractivity contribution >= 4 is 60.2 Å². The highest BCUT2D eigenvalue weighted by Crippen LogP contribution is 2.35. The van der Waals surface area contributed by atoms with Gasteiger partial charge in [0.1, 0.15) is 11.4 Å². The van der Waals surface area contributed by atoms with E-state index < -0.39 is 11.9 Å². The predicted molar refractivity (Wildman–Crippen MR) is 404 cm³/mol. The minimum absolute atomic E-state index is 0. The Labute approximate surface area is 614 Å². The van der Waals surface area contributed by atoms with E-state index in [1.54, 1.807) is 22.9 Å². The number of nitrogens with one attached hydrogen (secondary N) is 5. The number of carboxylic acid groups (broad SMARTS) is 2. The SMILES string of the molecule is Cc1ccc(-c2cc(C(=O)Nc3cc(-c4ccc(C)cc4)[nH]n3)[nH]n2)cc1.Cc1ccc(-c2cc(C(=O)O)[nH]n2)cc1.Cc1ccc(-c2cc(C(=O)O)nn2C2CCCCO2)cc1.Cc1ccc(-c2cc(NC(=O)c3cc(-c4ccc(C)cc4)n(C4CCCCO4)n3)nn2C2CCCCO2)cc1.Cl.Cl. The lowest BCUT2D eigenvalue weighted by Crippen LogP contribution is -2.21. The van der Waals surface area contributed by atoms with Crippen LogP contribution in [0, 0.1) is 41.5 Å². The van der Waals surface area contributed by atoms with Crippen molar-refractivity contribution in [2.24, 2.45) is 0 Å². The Hall–Kier alpha value is -11.1. The van der Waals surface area contributed by atoms with Crippen molar-refractivity contribution in [2.45, 2.75) is 118 Å². The third-order valence-electron chi connectivity index (χ3n) is 17.7. The van der Waals surface area contributed by atoms with Gasteiger partial charge in [0.2, 0.25) is 0 Å². The molecule has 3 unspecified atom stereocenters. The number of aromatic amines is 3. The van der Waals surface area contributed by atoms with Crippen LogP contribution in [0.5, 0.6) is 0 Å². The molecule has 538 valence electrons. The third kappa shape index (κ3) is 19.2. The Balaban J connectivity index is 0.000000156. The normalized spacial score (nSPS) is 15.4. The van der Waals surface area contributed by atoms with Crippen molar-refractivity contribution in [3.05, 3.63) is 238 Å². The zero-order chi connectivity index (χ0) is 71.2. The van der Waals surface area contributed by atoms with Crippen molar-refractivity contribution in [1.29, 1.82) is 0 Å². The lowest BCUT2D eigenvalue weighted by Gasteiger charge is -2.24. The maximum absolute atomic E-state index is 13.5. The van der Waals surface area contributed by atoms with E-state index >= 15 is 0 Å². The number of nitrogens with zero attached hydrogens (tertiary/aromatic N) is 9. The first-order valence-electron chi connectivity index (χ1n) is 34.3. The highest BCUT2D eigenvalue weighted by Gasteiger charge is 2.28. The summed E-state index contributed by atoms with van der Waals surface area (Å²) < 4.78 is 23.3. The Bertz CT molecular complexity index is 4810. The van der Waals surface area contributed by atoms with Crippen molar-refractivity contribution < 1.29 is 43.6 Å². The van der Waals surface area contributed by atoms with Crippen LogP contribution in [-0.2, 0) is 14.2 Å². The van der Waals surface area contributed by atoms with Crippen LogP contribution in [-0.4, -0.2) is 114 Å². The van der Waals surface area contributed by atoms with E-state index in [4.69, 9.17) is 29.5 Å². The predicted octanol–water partition coefficient (Wildman–Crippen LogP) is 17.2. The van der Waals surface area contributed by atoms with Crippen LogP contribution in [0.3, 0.4) is 0 Å². The van der Waals surface area contributed by atoms with Crippen molar-refractivity contribution in [3.8, 4) is 67.5 Å². The van der Waals surface area contributed by atoms with Crippen LogP contribution < -0.4 is 10.6 Å². The van der Waals surface area contributed by atoms with Crippen LogP contribution in [0.15, 0.2) is 182 Å². The summed E-state index contributed by atoms with van der Waals surface area (Å²) in [5.41, 5.74) is 18.6.